The second-order valence-electron chi connectivity index (χ2n) is 7.64. The van der Waals surface area contributed by atoms with Crippen molar-refractivity contribution in [2.24, 2.45) is 5.73 Å². The summed E-state index contributed by atoms with van der Waals surface area (Å²) in [5.74, 6) is -3.10. The summed E-state index contributed by atoms with van der Waals surface area (Å²) in [6, 6.07) is 1.38. The molecule has 2 saturated heterocycles. The molecule has 4 amide bonds. The van der Waals surface area contributed by atoms with Gasteiger partial charge in [0, 0.05) is 26.1 Å². The van der Waals surface area contributed by atoms with Crippen molar-refractivity contribution >= 4 is 29.3 Å². The average Bonchev–Trinajstić information content (AvgIpc) is 2.96. The van der Waals surface area contributed by atoms with Crippen molar-refractivity contribution in [3.63, 3.8) is 0 Å². The zero-order chi connectivity index (χ0) is 21.4. The number of carbonyl (C=O) groups excluding carboxylic acids is 4. The van der Waals surface area contributed by atoms with Crippen LogP contribution in [-0.4, -0.2) is 66.9 Å². The molecule has 0 radical (unpaired) electrons. The average molecular weight is 418 g/mol. The van der Waals surface area contributed by atoms with Crippen LogP contribution in [0.5, 0.6) is 0 Å². The van der Waals surface area contributed by atoms with E-state index < -0.39 is 35.5 Å². The van der Waals surface area contributed by atoms with Gasteiger partial charge in [0.2, 0.25) is 11.8 Å². The number of halogens is 1. The highest BCUT2D eigenvalue weighted by atomic mass is 19.1. The Labute approximate surface area is 172 Å². The van der Waals surface area contributed by atoms with E-state index in [0.717, 1.165) is 11.0 Å². The van der Waals surface area contributed by atoms with Gasteiger partial charge in [-0.05, 0) is 31.4 Å². The first-order chi connectivity index (χ1) is 14.4. The Balaban J connectivity index is 1.54. The molecule has 1 atom stereocenters. The van der Waals surface area contributed by atoms with E-state index >= 15 is 0 Å². The highest BCUT2D eigenvalue weighted by molar-refractivity contribution is 6.23. The van der Waals surface area contributed by atoms with Gasteiger partial charge in [-0.15, -0.1) is 0 Å². The summed E-state index contributed by atoms with van der Waals surface area (Å²) in [6.45, 7) is 2.01. The predicted molar refractivity (Wildman–Crippen MR) is 103 cm³/mol. The number of hydrogen-bond acceptors (Lipinski definition) is 7. The summed E-state index contributed by atoms with van der Waals surface area (Å²) in [7, 11) is 0. The molecule has 2 fully saturated rings. The summed E-state index contributed by atoms with van der Waals surface area (Å²) in [5, 5.41) is 2.14. The number of piperidine rings is 2. The molecular formula is C20H23FN4O5. The van der Waals surface area contributed by atoms with Crippen LogP contribution < -0.4 is 16.0 Å². The topological polar surface area (TPSA) is 122 Å². The van der Waals surface area contributed by atoms with Crippen LogP contribution in [0.3, 0.4) is 0 Å². The minimum absolute atomic E-state index is 0.0323. The minimum atomic E-state index is -1.07. The standard InChI is InChI=1S/C20H23FN4O5/c21-14-9-12-13(10-16(14)24-6-3-11(4-7-24)30-8-5-22)20(29)25(19(12)28)15-1-2-17(26)23-18(15)27/h9-11,15H,1-8,22H2,(H,23,26,27). The first-order valence-electron chi connectivity index (χ1n) is 10.0. The van der Waals surface area contributed by atoms with Crippen molar-refractivity contribution in [3.05, 3.63) is 29.1 Å². The third-order valence-corrected chi connectivity index (χ3v) is 5.76. The minimum Gasteiger partial charge on any atom is -0.377 e. The first kappa shape index (κ1) is 20.4. The highest BCUT2D eigenvalue weighted by Crippen LogP contribution is 2.33. The van der Waals surface area contributed by atoms with Gasteiger partial charge in [0.25, 0.3) is 11.8 Å². The van der Waals surface area contributed by atoms with Crippen LogP contribution in [0.2, 0.25) is 0 Å². The molecule has 160 valence electrons. The Hall–Kier alpha value is -2.85. The van der Waals surface area contributed by atoms with Crippen LogP contribution in [0, 0.1) is 5.82 Å². The zero-order valence-corrected chi connectivity index (χ0v) is 16.4. The van der Waals surface area contributed by atoms with Crippen LogP contribution in [0.4, 0.5) is 10.1 Å². The number of amides is 4. The van der Waals surface area contributed by atoms with E-state index in [-0.39, 0.29) is 35.8 Å². The van der Waals surface area contributed by atoms with E-state index in [4.69, 9.17) is 10.5 Å². The molecular weight excluding hydrogens is 395 g/mol. The van der Waals surface area contributed by atoms with E-state index in [1.54, 1.807) is 0 Å². The fraction of sp³-hybridized carbons (Fsp3) is 0.500. The number of rotatable bonds is 5. The summed E-state index contributed by atoms with van der Waals surface area (Å²) in [5.41, 5.74) is 5.71. The lowest BCUT2D eigenvalue weighted by Crippen LogP contribution is -2.54. The number of anilines is 1. The molecule has 1 aromatic carbocycles. The molecule has 10 heteroatoms. The molecule has 4 rings (SSSR count). The second-order valence-corrected chi connectivity index (χ2v) is 7.64. The number of ether oxygens (including phenoxy) is 1. The molecule has 30 heavy (non-hydrogen) atoms. The predicted octanol–water partition coefficient (Wildman–Crippen LogP) is 0.171. The molecule has 1 aromatic rings. The molecule has 3 heterocycles. The summed E-state index contributed by atoms with van der Waals surface area (Å²) in [4.78, 5) is 51.8. The Morgan fingerprint density at radius 3 is 2.37 bits per heavy atom. The van der Waals surface area contributed by atoms with Gasteiger partial charge in [0.05, 0.1) is 29.5 Å². The Kier molecular flexibility index (Phi) is 5.52. The van der Waals surface area contributed by atoms with Crippen molar-refractivity contribution in [1.29, 1.82) is 0 Å². The molecule has 3 aliphatic heterocycles. The molecule has 3 N–H and O–H groups in total. The Morgan fingerprint density at radius 2 is 1.73 bits per heavy atom. The summed E-state index contributed by atoms with van der Waals surface area (Å²) >= 11 is 0. The number of nitrogens with zero attached hydrogens (tertiary/aromatic N) is 2. The number of benzene rings is 1. The van der Waals surface area contributed by atoms with Crippen molar-refractivity contribution in [2.75, 3.05) is 31.1 Å². The van der Waals surface area contributed by atoms with Gasteiger partial charge in [0.15, 0.2) is 0 Å². The van der Waals surface area contributed by atoms with Crippen molar-refractivity contribution in [1.82, 2.24) is 10.2 Å². The zero-order valence-electron chi connectivity index (χ0n) is 16.4. The number of fused-ring (bicyclic) bond motifs is 1. The van der Waals surface area contributed by atoms with E-state index in [2.05, 4.69) is 5.32 Å². The maximum atomic E-state index is 14.8. The third-order valence-electron chi connectivity index (χ3n) is 5.76. The van der Waals surface area contributed by atoms with Gasteiger partial charge in [-0.2, -0.15) is 0 Å². The SMILES string of the molecule is NCCOC1CCN(c2cc3c(cc2F)C(=O)N(C2CCC(=O)NC2=O)C3=O)CC1. The Bertz CT molecular complexity index is 913. The largest absolute Gasteiger partial charge is 0.377 e. The number of imide groups is 2. The third kappa shape index (κ3) is 3.56. The van der Waals surface area contributed by atoms with E-state index in [1.165, 1.54) is 6.07 Å². The quantitative estimate of drug-likeness (QED) is 0.654. The second kappa shape index (κ2) is 8.11. The molecule has 0 aliphatic carbocycles. The van der Waals surface area contributed by atoms with E-state index in [0.29, 0.717) is 39.1 Å². The molecule has 0 aromatic heterocycles. The molecule has 9 nitrogen and oxygen atoms in total. The lowest BCUT2D eigenvalue weighted by Gasteiger charge is -2.33. The summed E-state index contributed by atoms with van der Waals surface area (Å²) in [6.07, 6.45) is 1.55. The number of nitrogens with one attached hydrogen (secondary N) is 1. The number of hydrogen-bond donors (Lipinski definition) is 2. The lowest BCUT2D eigenvalue weighted by atomic mass is 10.0. The van der Waals surface area contributed by atoms with Crippen LogP contribution in [0.1, 0.15) is 46.4 Å². The van der Waals surface area contributed by atoms with Crippen LogP contribution in [0.15, 0.2) is 12.1 Å². The molecule has 1 unspecified atom stereocenters. The van der Waals surface area contributed by atoms with Crippen LogP contribution in [0.25, 0.3) is 0 Å². The van der Waals surface area contributed by atoms with Crippen molar-refractivity contribution in [2.45, 2.75) is 37.8 Å². The monoisotopic (exact) mass is 418 g/mol. The van der Waals surface area contributed by atoms with Gasteiger partial charge < -0.3 is 15.4 Å². The number of nitrogens with two attached hydrogens (primary N) is 1. The van der Waals surface area contributed by atoms with Crippen molar-refractivity contribution < 1.29 is 28.3 Å². The molecule has 3 aliphatic rings. The smallest absolute Gasteiger partial charge is 0.262 e. The maximum Gasteiger partial charge on any atom is 0.262 e. The number of carbonyl (C=O) groups is 4. The normalized spacial score (nSPS) is 22.5. The highest BCUT2D eigenvalue weighted by Gasteiger charge is 2.45. The lowest BCUT2D eigenvalue weighted by molar-refractivity contribution is -0.136. The summed E-state index contributed by atoms with van der Waals surface area (Å²) < 4.78 is 20.5. The fourth-order valence-corrected chi connectivity index (χ4v) is 4.22. The van der Waals surface area contributed by atoms with Crippen LogP contribution >= 0.6 is 0 Å². The van der Waals surface area contributed by atoms with Gasteiger partial charge in [-0.3, -0.25) is 29.4 Å². The molecule has 0 spiro atoms. The van der Waals surface area contributed by atoms with Gasteiger partial charge in [-0.25, -0.2) is 4.39 Å². The van der Waals surface area contributed by atoms with Crippen LogP contribution in [-0.2, 0) is 14.3 Å². The molecule has 0 saturated carbocycles. The van der Waals surface area contributed by atoms with E-state index in [9.17, 15) is 23.6 Å². The maximum absolute atomic E-state index is 14.8. The van der Waals surface area contributed by atoms with Gasteiger partial charge in [0.1, 0.15) is 11.9 Å². The Morgan fingerprint density at radius 1 is 1.07 bits per heavy atom. The van der Waals surface area contributed by atoms with Gasteiger partial charge >= 0.3 is 0 Å². The molecule has 0 bridgehead atoms. The van der Waals surface area contributed by atoms with E-state index in [1.807, 2.05) is 4.90 Å². The van der Waals surface area contributed by atoms with Crippen molar-refractivity contribution in [3.8, 4) is 0 Å². The van der Waals surface area contributed by atoms with Gasteiger partial charge in [-0.1, -0.05) is 0 Å². The fourth-order valence-electron chi connectivity index (χ4n) is 4.22. The first-order valence-corrected chi connectivity index (χ1v) is 10.0.